The molecule has 0 heterocycles. The predicted molar refractivity (Wildman–Crippen MR) is 81.5 cm³/mol. The molecule has 2 aromatic carbocycles. The Balaban J connectivity index is 1.91. The number of hydrogen-bond donors (Lipinski definition) is 1. The lowest BCUT2D eigenvalue weighted by Crippen LogP contribution is -2.21. The molecule has 108 valence electrons. The van der Waals surface area contributed by atoms with Crippen molar-refractivity contribution in [2.75, 3.05) is 11.9 Å². The van der Waals surface area contributed by atoms with Crippen LogP contribution in [0.2, 0.25) is 5.02 Å². The number of nitrogens with one attached hydrogen (secondary N) is 1. The van der Waals surface area contributed by atoms with E-state index in [1.165, 1.54) is 0 Å². The Morgan fingerprint density at radius 1 is 1.10 bits per heavy atom. The number of carbonyl (C=O) groups is 2. The molecule has 1 N–H and O–H groups in total. The van der Waals surface area contributed by atoms with Crippen molar-refractivity contribution in [3.05, 3.63) is 64.7 Å². The highest BCUT2D eigenvalue weighted by Crippen LogP contribution is 2.16. The van der Waals surface area contributed by atoms with Crippen molar-refractivity contribution >= 4 is 29.2 Å². The van der Waals surface area contributed by atoms with Gasteiger partial charge in [-0.1, -0.05) is 41.9 Å². The molecule has 2 aromatic rings. The molecule has 0 saturated heterocycles. The first-order valence-electron chi connectivity index (χ1n) is 6.35. The summed E-state index contributed by atoms with van der Waals surface area (Å²) in [6, 6.07) is 13.9. The number of benzene rings is 2. The Hall–Kier alpha value is -2.33. The number of rotatable bonds is 4. The molecule has 0 radical (unpaired) electrons. The number of anilines is 1. The summed E-state index contributed by atoms with van der Waals surface area (Å²) in [5, 5.41) is 2.98. The molecule has 0 aliphatic rings. The van der Waals surface area contributed by atoms with Gasteiger partial charge in [0.15, 0.2) is 6.61 Å². The third-order valence-corrected chi connectivity index (χ3v) is 3.18. The summed E-state index contributed by atoms with van der Waals surface area (Å²) < 4.78 is 4.95. The van der Waals surface area contributed by atoms with Crippen molar-refractivity contribution in [2.24, 2.45) is 0 Å². The lowest BCUT2D eigenvalue weighted by atomic mass is 10.2. The lowest BCUT2D eigenvalue weighted by Gasteiger charge is -2.09. The van der Waals surface area contributed by atoms with E-state index in [2.05, 4.69) is 5.32 Å². The first-order valence-corrected chi connectivity index (χ1v) is 6.73. The van der Waals surface area contributed by atoms with Gasteiger partial charge in [0.25, 0.3) is 5.91 Å². The third-order valence-electron chi connectivity index (χ3n) is 2.85. The van der Waals surface area contributed by atoms with Crippen LogP contribution in [0.1, 0.15) is 15.9 Å². The van der Waals surface area contributed by atoms with E-state index in [0.717, 1.165) is 5.56 Å². The average molecular weight is 304 g/mol. The highest BCUT2D eigenvalue weighted by Gasteiger charge is 2.13. The first kappa shape index (κ1) is 15.1. The van der Waals surface area contributed by atoms with Crippen molar-refractivity contribution in [1.82, 2.24) is 0 Å². The summed E-state index contributed by atoms with van der Waals surface area (Å²) in [7, 11) is 0. The molecular weight excluding hydrogens is 290 g/mol. The molecule has 0 saturated carbocycles. The van der Waals surface area contributed by atoms with Crippen molar-refractivity contribution in [2.45, 2.75) is 6.92 Å². The van der Waals surface area contributed by atoms with Crippen LogP contribution in [0.5, 0.6) is 0 Å². The van der Waals surface area contributed by atoms with Gasteiger partial charge >= 0.3 is 5.97 Å². The van der Waals surface area contributed by atoms with Gasteiger partial charge < -0.3 is 10.1 Å². The number of halogens is 1. The predicted octanol–water partition coefficient (Wildman–Crippen LogP) is 3.44. The van der Waals surface area contributed by atoms with Crippen LogP contribution in [0.3, 0.4) is 0 Å². The molecule has 4 nitrogen and oxygen atoms in total. The minimum Gasteiger partial charge on any atom is -0.452 e. The van der Waals surface area contributed by atoms with E-state index < -0.39 is 11.9 Å². The van der Waals surface area contributed by atoms with Crippen LogP contribution >= 0.6 is 11.6 Å². The lowest BCUT2D eigenvalue weighted by molar-refractivity contribution is -0.119. The van der Waals surface area contributed by atoms with Gasteiger partial charge in [-0.3, -0.25) is 4.79 Å². The number of amides is 1. The summed E-state index contributed by atoms with van der Waals surface area (Å²) >= 11 is 5.88. The van der Waals surface area contributed by atoms with Crippen molar-refractivity contribution in [3.8, 4) is 0 Å². The van der Waals surface area contributed by atoms with Crippen molar-refractivity contribution < 1.29 is 14.3 Å². The molecular formula is C16H14ClNO3. The van der Waals surface area contributed by atoms with E-state index in [-0.39, 0.29) is 12.2 Å². The fourth-order valence-electron chi connectivity index (χ4n) is 1.74. The minimum absolute atomic E-state index is 0.239. The summed E-state index contributed by atoms with van der Waals surface area (Å²) in [4.78, 5) is 23.6. The van der Waals surface area contributed by atoms with Gasteiger partial charge in [0.1, 0.15) is 0 Å². The Morgan fingerprint density at radius 2 is 1.76 bits per heavy atom. The van der Waals surface area contributed by atoms with E-state index in [1.54, 1.807) is 30.3 Å². The zero-order chi connectivity index (χ0) is 15.2. The zero-order valence-electron chi connectivity index (χ0n) is 11.4. The van der Waals surface area contributed by atoms with Crippen molar-refractivity contribution in [1.29, 1.82) is 0 Å². The molecule has 0 fully saturated rings. The molecule has 1 amide bonds. The Morgan fingerprint density at radius 3 is 2.48 bits per heavy atom. The van der Waals surface area contributed by atoms with Gasteiger partial charge in [0.2, 0.25) is 0 Å². The second-order valence-electron chi connectivity index (χ2n) is 4.42. The van der Waals surface area contributed by atoms with Crippen LogP contribution in [-0.2, 0) is 9.53 Å². The van der Waals surface area contributed by atoms with Gasteiger partial charge in [-0.15, -0.1) is 0 Å². The number of carbonyl (C=O) groups excluding carboxylic acids is 2. The van der Waals surface area contributed by atoms with E-state index in [1.807, 2.05) is 25.1 Å². The summed E-state index contributed by atoms with van der Waals surface area (Å²) in [6.07, 6.45) is 0. The van der Waals surface area contributed by atoms with Gasteiger partial charge in [0, 0.05) is 5.69 Å². The van der Waals surface area contributed by atoms with Gasteiger partial charge in [0.05, 0.1) is 10.6 Å². The van der Waals surface area contributed by atoms with Crippen LogP contribution in [0.15, 0.2) is 48.5 Å². The maximum Gasteiger partial charge on any atom is 0.340 e. The van der Waals surface area contributed by atoms with Crippen LogP contribution in [-0.4, -0.2) is 18.5 Å². The van der Waals surface area contributed by atoms with Crippen LogP contribution in [0.25, 0.3) is 0 Å². The smallest absolute Gasteiger partial charge is 0.340 e. The van der Waals surface area contributed by atoms with E-state index in [0.29, 0.717) is 10.7 Å². The maximum atomic E-state index is 11.8. The van der Waals surface area contributed by atoms with E-state index in [4.69, 9.17) is 16.3 Å². The molecule has 2 rings (SSSR count). The molecule has 0 aliphatic carbocycles. The number of para-hydroxylation sites is 1. The Bertz CT molecular complexity index is 670. The highest BCUT2D eigenvalue weighted by molar-refractivity contribution is 6.33. The standard InChI is InChI=1S/C16H14ClNO3/c1-11-6-2-5-9-14(11)18-15(19)10-21-16(20)12-7-3-4-8-13(12)17/h2-9H,10H2,1H3,(H,18,19). The van der Waals surface area contributed by atoms with Gasteiger partial charge in [-0.25, -0.2) is 4.79 Å². The van der Waals surface area contributed by atoms with Gasteiger partial charge in [-0.05, 0) is 30.7 Å². The highest BCUT2D eigenvalue weighted by atomic mass is 35.5. The largest absolute Gasteiger partial charge is 0.452 e. The Labute approximate surface area is 127 Å². The summed E-state index contributed by atoms with van der Waals surface area (Å²) in [5.41, 5.74) is 1.86. The van der Waals surface area contributed by atoms with E-state index in [9.17, 15) is 9.59 Å². The van der Waals surface area contributed by atoms with Crippen LogP contribution in [0, 0.1) is 6.92 Å². The second-order valence-corrected chi connectivity index (χ2v) is 4.83. The number of hydrogen-bond acceptors (Lipinski definition) is 3. The molecule has 0 bridgehead atoms. The number of aryl methyl sites for hydroxylation is 1. The first-order chi connectivity index (χ1) is 10.1. The number of esters is 1. The SMILES string of the molecule is Cc1ccccc1NC(=O)COC(=O)c1ccccc1Cl. The van der Waals surface area contributed by atoms with Gasteiger partial charge in [-0.2, -0.15) is 0 Å². The maximum absolute atomic E-state index is 11.8. The fraction of sp³-hybridized carbons (Fsp3) is 0.125. The fourth-order valence-corrected chi connectivity index (χ4v) is 1.95. The molecule has 21 heavy (non-hydrogen) atoms. The Kier molecular flexibility index (Phi) is 4.95. The van der Waals surface area contributed by atoms with Crippen molar-refractivity contribution in [3.63, 3.8) is 0 Å². The molecule has 0 aliphatic heterocycles. The molecule has 0 unspecified atom stereocenters. The second kappa shape index (κ2) is 6.90. The molecule has 0 spiro atoms. The molecule has 0 atom stereocenters. The monoisotopic (exact) mass is 303 g/mol. The zero-order valence-corrected chi connectivity index (χ0v) is 12.2. The minimum atomic E-state index is -0.625. The average Bonchev–Trinajstić information content (AvgIpc) is 2.48. The van der Waals surface area contributed by atoms with Crippen LogP contribution < -0.4 is 5.32 Å². The topological polar surface area (TPSA) is 55.4 Å². The number of ether oxygens (including phenoxy) is 1. The van der Waals surface area contributed by atoms with E-state index >= 15 is 0 Å². The summed E-state index contributed by atoms with van der Waals surface area (Å²) in [5.74, 6) is -1.02. The van der Waals surface area contributed by atoms with Crippen LogP contribution in [0.4, 0.5) is 5.69 Å². The molecule has 0 aromatic heterocycles. The third kappa shape index (κ3) is 4.07. The summed E-state index contributed by atoms with van der Waals surface area (Å²) in [6.45, 7) is 1.52. The quantitative estimate of drug-likeness (QED) is 0.880. The molecule has 5 heteroatoms. The normalized spacial score (nSPS) is 10.0.